The zero-order valence-electron chi connectivity index (χ0n) is 17.3. The lowest BCUT2D eigenvalue weighted by Gasteiger charge is -2.17. The van der Waals surface area contributed by atoms with E-state index in [1.165, 1.54) is 7.11 Å². The summed E-state index contributed by atoms with van der Waals surface area (Å²) < 4.78 is 16.0. The Balaban J connectivity index is 2.23. The molecule has 1 aromatic heterocycles. The van der Waals surface area contributed by atoms with Crippen LogP contribution in [0.2, 0.25) is 0 Å². The van der Waals surface area contributed by atoms with Crippen LogP contribution in [0.4, 0.5) is 5.69 Å². The summed E-state index contributed by atoms with van der Waals surface area (Å²) in [5.41, 5.74) is 2.73. The normalized spacial score (nSPS) is 11.6. The topological polar surface area (TPSA) is 89.7 Å². The molecule has 0 amide bonds. The molecule has 0 saturated carbocycles. The number of Topliss-reactive ketones (excluding diaryl/α,β-unsaturated/α-hetero) is 1. The lowest BCUT2D eigenvalue weighted by atomic mass is 10.0. The largest absolute Gasteiger partial charge is 0.490 e. The quantitative estimate of drug-likeness (QED) is 0.500. The van der Waals surface area contributed by atoms with Crippen LogP contribution >= 0.6 is 0 Å². The van der Waals surface area contributed by atoms with Crippen LogP contribution in [0.25, 0.3) is 0 Å². The molecule has 2 N–H and O–H groups in total. The zero-order chi connectivity index (χ0) is 20.8. The van der Waals surface area contributed by atoms with E-state index >= 15 is 0 Å². The number of aryl methyl sites for hydroxylation is 1. The molecule has 1 aromatic carbocycles. The van der Waals surface area contributed by atoms with E-state index in [1.54, 1.807) is 20.8 Å². The zero-order valence-corrected chi connectivity index (χ0v) is 17.3. The maximum Gasteiger partial charge on any atom is 0.339 e. The summed E-state index contributed by atoms with van der Waals surface area (Å²) in [4.78, 5) is 27.9. The third-order valence-corrected chi connectivity index (χ3v) is 4.39. The number of methoxy groups -OCH3 is 1. The second-order valence-electron chi connectivity index (χ2n) is 6.37. The molecule has 1 heterocycles. The summed E-state index contributed by atoms with van der Waals surface area (Å²) in [6, 6.07) is 4.94. The molecule has 2 rings (SSSR count). The number of esters is 1. The van der Waals surface area contributed by atoms with Gasteiger partial charge in [-0.05, 0) is 52.3 Å². The van der Waals surface area contributed by atoms with Crippen molar-refractivity contribution >= 4 is 17.4 Å². The smallest absolute Gasteiger partial charge is 0.339 e. The number of benzene rings is 1. The van der Waals surface area contributed by atoms with Crippen LogP contribution in [0.5, 0.6) is 11.5 Å². The van der Waals surface area contributed by atoms with Gasteiger partial charge in [-0.3, -0.25) is 4.79 Å². The van der Waals surface area contributed by atoms with Gasteiger partial charge in [0.15, 0.2) is 11.5 Å². The number of carbonyl (C=O) groups is 2. The molecule has 0 fully saturated rings. The molecule has 1 atom stereocenters. The van der Waals surface area contributed by atoms with Crippen LogP contribution in [0.3, 0.4) is 0 Å². The predicted molar refractivity (Wildman–Crippen MR) is 108 cm³/mol. The number of aromatic nitrogens is 1. The fraction of sp³-hybridized carbons (Fsp3) is 0.429. The van der Waals surface area contributed by atoms with Gasteiger partial charge in [-0.2, -0.15) is 0 Å². The Morgan fingerprint density at radius 2 is 1.75 bits per heavy atom. The molecule has 7 nitrogen and oxygen atoms in total. The highest BCUT2D eigenvalue weighted by molar-refractivity contribution is 6.04. The van der Waals surface area contributed by atoms with Crippen molar-refractivity contribution in [2.24, 2.45) is 0 Å². The van der Waals surface area contributed by atoms with E-state index in [0.29, 0.717) is 47.2 Å². The van der Waals surface area contributed by atoms with Gasteiger partial charge in [0.1, 0.15) is 0 Å². The molecule has 0 unspecified atom stereocenters. The Labute approximate surface area is 165 Å². The molecule has 0 aliphatic heterocycles. The van der Waals surface area contributed by atoms with Crippen LogP contribution < -0.4 is 14.8 Å². The molecule has 0 aliphatic rings. The van der Waals surface area contributed by atoms with E-state index in [4.69, 9.17) is 14.2 Å². The minimum atomic E-state index is -0.519. The van der Waals surface area contributed by atoms with Crippen molar-refractivity contribution in [3.05, 3.63) is 40.7 Å². The van der Waals surface area contributed by atoms with Crippen molar-refractivity contribution in [3.8, 4) is 11.5 Å². The summed E-state index contributed by atoms with van der Waals surface area (Å²) in [5.74, 6) is 0.669. The summed E-state index contributed by atoms with van der Waals surface area (Å²) in [6.07, 6.45) is 0. The first kappa shape index (κ1) is 21.3. The lowest BCUT2D eigenvalue weighted by Crippen LogP contribution is -2.27. The molecule has 0 aliphatic carbocycles. The maximum absolute atomic E-state index is 12.9. The number of nitrogens with one attached hydrogen (secondary N) is 2. The van der Waals surface area contributed by atoms with Gasteiger partial charge in [0.2, 0.25) is 5.78 Å². The molecule has 0 bridgehead atoms. The van der Waals surface area contributed by atoms with E-state index in [2.05, 4.69) is 10.3 Å². The average Bonchev–Trinajstić information content (AvgIpc) is 2.97. The number of H-pyrrole nitrogens is 1. The molecule has 0 saturated heterocycles. The van der Waals surface area contributed by atoms with Crippen LogP contribution in [0.1, 0.15) is 52.9 Å². The summed E-state index contributed by atoms with van der Waals surface area (Å²) >= 11 is 0. The van der Waals surface area contributed by atoms with E-state index < -0.39 is 12.0 Å². The van der Waals surface area contributed by atoms with E-state index in [0.717, 1.165) is 5.69 Å². The summed E-state index contributed by atoms with van der Waals surface area (Å²) in [7, 11) is 1.32. The molecule has 152 valence electrons. The number of anilines is 1. The molecule has 0 radical (unpaired) electrons. The minimum absolute atomic E-state index is 0.150. The number of rotatable bonds is 9. The SMILES string of the molecule is CCOc1ccc(N[C@H](C)C(=O)c2[nH]c(C)c(C(=O)OC)c2C)cc1OCC. The lowest BCUT2D eigenvalue weighted by molar-refractivity contribution is 0.0599. The van der Waals surface area contributed by atoms with Gasteiger partial charge in [-0.15, -0.1) is 0 Å². The van der Waals surface area contributed by atoms with Crippen LogP contribution in [-0.2, 0) is 4.74 Å². The minimum Gasteiger partial charge on any atom is -0.490 e. The molecule has 2 aromatic rings. The van der Waals surface area contributed by atoms with Gasteiger partial charge in [-0.1, -0.05) is 0 Å². The predicted octanol–water partition coefficient (Wildman–Crippen LogP) is 3.90. The second kappa shape index (κ2) is 9.30. The maximum atomic E-state index is 12.9. The van der Waals surface area contributed by atoms with Crippen molar-refractivity contribution in [1.82, 2.24) is 4.98 Å². The van der Waals surface area contributed by atoms with Gasteiger partial charge in [-0.25, -0.2) is 4.79 Å². The first-order chi connectivity index (χ1) is 13.3. The Hall–Kier alpha value is -2.96. The molecule has 28 heavy (non-hydrogen) atoms. The van der Waals surface area contributed by atoms with Gasteiger partial charge in [0.25, 0.3) is 0 Å². The molecule has 0 spiro atoms. The number of ether oxygens (including phenoxy) is 3. The van der Waals surface area contributed by atoms with Crippen molar-refractivity contribution in [1.29, 1.82) is 0 Å². The third-order valence-electron chi connectivity index (χ3n) is 4.39. The standard InChI is InChI=1S/C21H28N2O5/c1-7-27-16-10-9-15(11-17(16)28-8-2)22-14(5)20(24)19-12(3)18(13(4)23-19)21(25)26-6/h9-11,14,22-23H,7-8H2,1-6H3/t14-/m1/s1. The molecular formula is C21H28N2O5. The van der Waals surface area contributed by atoms with Gasteiger partial charge >= 0.3 is 5.97 Å². The average molecular weight is 388 g/mol. The highest BCUT2D eigenvalue weighted by Gasteiger charge is 2.25. The Bertz CT molecular complexity index is 857. The highest BCUT2D eigenvalue weighted by Crippen LogP contribution is 2.31. The first-order valence-corrected chi connectivity index (χ1v) is 9.31. The number of hydrogen-bond acceptors (Lipinski definition) is 6. The van der Waals surface area contributed by atoms with Crippen molar-refractivity contribution in [3.63, 3.8) is 0 Å². The van der Waals surface area contributed by atoms with Crippen LogP contribution in [0, 0.1) is 13.8 Å². The molecule has 7 heteroatoms. The summed E-state index contributed by atoms with van der Waals surface area (Å²) in [6.45, 7) is 10.1. The first-order valence-electron chi connectivity index (χ1n) is 9.31. The number of aromatic amines is 1. The van der Waals surface area contributed by atoms with Crippen LogP contribution in [-0.4, -0.2) is 43.1 Å². The van der Waals surface area contributed by atoms with E-state index in [-0.39, 0.29) is 5.78 Å². The molecular weight excluding hydrogens is 360 g/mol. The fourth-order valence-electron chi connectivity index (χ4n) is 3.08. The van der Waals surface area contributed by atoms with Gasteiger partial charge in [0, 0.05) is 17.4 Å². The van der Waals surface area contributed by atoms with Gasteiger partial charge in [0.05, 0.1) is 37.6 Å². The van der Waals surface area contributed by atoms with E-state index in [9.17, 15) is 9.59 Å². The third kappa shape index (κ3) is 4.47. The number of carbonyl (C=O) groups excluding carboxylic acids is 2. The fourth-order valence-corrected chi connectivity index (χ4v) is 3.08. The number of hydrogen-bond donors (Lipinski definition) is 2. The van der Waals surface area contributed by atoms with Gasteiger partial charge < -0.3 is 24.5 Å². The van der Waals surface area contributed by atoms with Crippen molar-refractivity contribution in [2.45, 2.75) is 40.7 Å². The number of ketones is 1. The Kier molecular flexibility index (Phi) is 7.09. The second-order valence-corrected chi connectivity index (χ2v) is 6.37. The monoisotopic (exact) mass is 388 g/mol. The highest BCUT2D eigenvalue weighted by atomic mass is 16.5. The van der Waals surface area contributed by atoms with E-state index in [1.807, 2.05) is 32.0 Å². The van der Waals surface area contributed by atoms with Crippen molar-refractivity contribution < 1.29 is 23.8 Å². The Morgan fingerprint density at radius 3 is 2.36 bits per heavy atom. The Morgan fingerprint density at radius 1 is 1.11 bits per heavy atom. The van der Waals surface area contributed by atoms with Crippen LogP contribution in [0.15, 0.2) is 18.2 Å². The summed E-state index contributed by atoms with van der Waals surface area (Å²) in [5, 5.41) is 3.19. The van der Waals surface area contributed by atoms with Crippen molar-refractivity contribution in [2.75, 3.05) is 25.6 Å².